The Bertz CT molecular complexity index is 1250. The molecule has 1 aliphatic rings. The Kier molecular flexibility index (Phi) is 5.63. The van der Waals surface area contributed by atoms with E-state index in [2.05, 4.69) is 25.3 Å². The summed E-state index contributed by atoms with van der Waals surface area (Å²) in [6.45, 7) is 4.45. The largest absolute Gasteiger partial charge is 0.465 e. The number of hydrogen-bond donors (Lipinski definition) is 3. The van der Waals surface area contributed by atoms with Crippen LogP contribution in [0.15, 0.2) is 35.7 Å². The van der Waals surface area contributed by atoms with E-state index >= 15 is 0 Å². The van der Waals surface area contributed by atoms with Gasteiger partial charge in [-0.05, 0) is 44.9 Å². The molecule has 4 rings (SSSR count). The van der Waals surface area contributed by atoms with Crippen molar-refractivity contribution < 1.29 is 18.3 Å². The van der Waals surface area contributed by atoms with Crippen LogP contribution in [0.3, 0.4) is 0 Å². The second-order valence-corrected chi connectivity index (χ2v) is 10.5. The molecule has 170 valence electrons. The van der Waals surface area contributed by atoms with Gasteiger partial charge in [-0.2, -0.15) is 5.10 Å². The van der Waals surface area contributed by atoms with Crippen molar-refractivity contribution >= 4 is 33.0 Å². The summed E-state index contributed by atoms with van der Waals surface area (Å²) >= 11 is 0. The molecular weight excluding hydrogens is 434 g/mol. The van der Waals surface area contributed by atoms with Gasteiger partial charge in [-0.1, -0.05) is 0 Å². The first-order valence-electron chi connectivity index (χ1n) is 10.3. The van der Waals surface area contributed by atoms with Gasteiger partial charge in [-0.15, -0.1) is 0 Å². The molecule has 0 aromatic carbocycles. The standard InChI is InChI=1S/C20H25N7O4S/c1-12(2)32(30,31)17-6-5-13(9-22-17)15-8-16(18-19(21)23-11-24-27(15)18)26-7-3-4-14(10-26)25-20(28)29/h5-6,8-9,11-12,14,25H,3-4,7,10H2,1-2H3,(H,28,29)(H2,21,23,24). The number of carbonyl (C=O) groups is 1. The average molecular weight is 460 g/mol. The molecule has 4 N–H and O–H groups in total. The molecule has 1 amide bonds. The van der Waals surface area contributed by atoms with E-state index in [0.717, 1.165) is 25.1 Å². The van der Waals surface area contributed by atoms with E-state index in [0.29, 0.717) is 29.1 Å². The maximum Gasteiger partial charge on any atom is 0.404 e. The van der Waals surface area contributed by atoms with Crippen LogP contribution in [0.4, 0.5) is 16.3 Å². The molecular formula is C20H25N7O4S. The highest BCUT2D eigenvalue weighted by atomic mass is 32.2. The predicted molar refractivity (Wildman–Crippen MR) is 119 cm³/mol. The van der Waals surface area contributed by atoms with E-state index < -0.39 is 21.2 Å². The third kappa shape index (κ3) is 3.93. The van der Waals surface area contributed by atoms with Crippen molar-refractivity contribution in [1.29, 1.82) is 0 Å². The minimum Gasteiger partial charge on any atom is -0.465 e. The Balaban J connectivity index is 1.76. The number of aromatic nitrogens is 4. The van der Waals surface area contributed by atoms with Crippen molar-refractivity contribution in [2.45, 2.75) is 43.0 Å². The monoisotopic (exact) mass is 459 g/mol. The zero-order valence-corrected chi connectivity index (χ0v) is 18.6. The van der Waals surface area contributed by atoms with Crippen LogP contribution in [0.5, 0.6) is 0 Å². The number of nitrogen functional groups attached to an aromatic ring is 1. The minimum atomic E-state index is -3.48. The molecule has 4 heterocycles. The molecule has 11 nitrogen and oxygen atoms in total. The first kappa shape index (κ1) is 21.8. The highest BCUT2D eigenvalue weighted by Gasteiger charge is 2.26. The number of pyridine rings is 1. The van der Waals surface area contributed by atoms with Gasteiger partial charge in [0.15, 0.2) is 20.7 Å². The van der Waals surface area contributed by atoms with Crippen LogP contribution >= 0.6 is 0 Å². The van der Waals surface area contributed by atoms with Crippen molar-refractivity contribution in [2.75, 3.05) is 23.7 Å². The number of anilines is 2. The Morgan fingerprint density at radius 3 is 2.75 bits per heavy atom. The number of fused-ring (bicyclic) bond motifs is 1. The number of hydrogen-bond acceptors (Lipinski definition) is 8. The maximum atomic E-state index is 12.4. The summed E-state index contributed by atoms with van der Waals surface area (Å²) < 4.78 is 26.4. The first-order valence-corrected chi connectivity index (χ1v) is 11.8. The smallest absolute Gasteiger partial charge is 0.404 e. The first-order chi connectivity index (χ1) is 15.2. The summed E-state index contributed by atoms with van der Waals surface area (Å²) in [5.74, 6) is 0.293. The average Bonchev–Trinajstić information content (AvgIpc) is 3.14. The zero-order chi connectivity index (χ0) is 23.0. The van der Waals surface area contributed by atoms with Crippen molar-refractivity contribution in [3.05, 3.63) is 30.7 Å². The van der Waals surface area contributed by atoms with Gasteiger partial charge in [0.25, 0.3) is 0 Å². The summed E-state index contributed by atoms with van der Waals surface area (Å²) in [5.41, 5.74) is 8.93. The van der Waals surface area contributed by atoms with E-state index in [1.165, 1.54) is 18.6 Å². The Morgan fingerprint density at radius 2 is 2.09 bits per heavy atom. The van der Waals surface area contributed by atoms with Crippen LogP contribution in [0.1, 0.15) is 26.7 Å². The number of amides is 1. The number of nitrogens with one attached hydrogen (secondary N) is 1. The summed E-state index contributed by atoms with van der Waals surface area (Å²) in [7, 11) is -3.48. The number of sulfone groups is 1. The van der Waals surface area contributed by atoms with E-state index in [-0.39, 0.29) is 11.1 Å². The molecule has 1 fully saturated rings. The quantitative estimate of drug-likeness (QED) is 0.517. The van der Waals surface area contributed by atoms with Crippen molar-refractivity contribution in [2.24, 2.45) is 0 Å². The maximum absolute atomic E-state index is 12.4. The summed E-state index contributed by atoms with van der Waals surface area (Å²) in [5, 5.41) is 15.4. The molecule has 0 saturated carbocycles. The van der Waals surface area contributed by atoms with Gasteiger partial charge in [-0.25, -0.2) is 27.7 Å². The van der Waals surface area contributed by atoms with Crippen LogP contribution in [-0.2, 0) is 9.84 Å². The van der Waals surface area contributed by atoms with Crippen LogP contribution < -0.4 is 16.0 Å². The minimum absolute atomic E-state index is 0.0186. The summed E-state index contributed by atoms with van der Waals surface area (Å²) in [6, 6.07) is 4.88. The van der Waals surface area contributed by atoms with Crippen LogP contribution in [0.25, 0.3) is 16.8 Å². The number of rotatable bonds is 5. The molecule has 32 heavy (non-hydrogen) atoms. The van der Waals surface area contributed by atoms with Gasteiger partial charge in [0.05, 0.1) is 16.6 Å². The molecule has 0 radical (unpaired) electrons. The SMILES string of the molecule is CC(C)S(=O)(=O)c1ccc(-c2cc(N3CCCC(NC(=O)O)C3)c3c(N)ncnn23)cn1. The summed E-state index contributed by atoms with van der Waals surface area (Å²) in [6.07, 6.45) is 3.37. The lowest BCUT2D eigenvalue weighted by Crippen LogP contribution is -2.47. The van der Waals surface area contributed by atoms with E-state index in [1.807, 2.05) is 6.07 Å². The second-order valence-electron chi connectivity index (χ2n) is 8.03. The number of carboxylic acid groups (broad SMARTS) is 1. The third-order valence-electron chi connectivity index (χ3n) is 5.60. The molecule has 12 heteroatoms. The second kappa shape index (κ2) is 8.26. The van der Waals surface area contributed by atoms with Gasteiger partial charge in [0, 0.05) is 30.9 Å². The highest BCUT2D eigenvalue weighted by molar-refractivity contribution is 7.91. The molecule has 1 atom stereocenters. The third-order valence-corrected chi connectivity index (χ3v) is 7.66. The zero-order valence-electron chi connectivity index (χ0n) is 17.8. The molecule has 1 aliphatic heterocycles. The fourth-order valence-electron chi connectivity index (χ4n) is 3.93. The van der Waals surface area contributed by atoms with Crippen LogP contribution in [0.2, 0.25) is 0 Å². The van der Waals surface area contributed by atoms with Gasteiger partial charge >= 0.3 is 6.09 Å². The predicted octanol–water partition coefficient (Wildman–Crippen LogP) is 1.79. The summed E-state index contributed by atoms with van der Waals surface area (Å²) in [4.78, 5) is 21.4. The molecule has 0 bridgehead atoms. The number of piperidine rings is 1. The topological polar surface area (TPSA) is 156 Å². The van der Waals surface area contributed by atoms with Crippen molar-refractivity contribution in [3.63, 3.8) is 0 Å². The lowest BCUT2D eigenvalue weighted by molar-refractivity contribution is 0.188. The lowest BCUT2D eigenvalue weighted by atomic mass is 10.1. The Morgan fingerprint density at radius 1 is 1.31 bits per heavy atom. The molecule has 3 aromatic rings. The van der Waals surface area contributed by atoms with Gasteiger partial charge < -0.3 is 21.1 Å². The Labute approximate surface area is 185 Å². The molecule has 1 unspecified atom stereocenters. The number of nitrogens with zero attached hydrogens (tertiary/aromatic N) is 5. The van der Waals surface area contributed by atoms with Crippen molar-refractivity contribution in [3.8, 4) is 11.3 Å². The molecule has 3 aromatic heterocycles. The normalized spacial score (nSPS) is 17.1. The van der Waals surface area contributed by atoms with E-state index in [1.54, 1.807) is 24.4 Å². The fourth-order valence-corrected chi connectivity index (χ4v) is 4.87. The fraction of sp³-hybridized carbons (Fsp3) is 0.400. The molecule has 1 saturated heterocycles. The van der Waals surface area contributed by atoms with Gasteiger partial charge in [0.1, 0.15) is 11.8 Å². The highest BCUT2D eigenvalue weighted by Crippen LogP contribution is 2.35. The molecule has 0 aliphatic carbocycles. The van der Waals surface area contributed by atoms with E-state index in [9.17, 15) is 13.2 Å². The van der Waals surface area contributed by atoms with Gasteiger partial charge in [-0.3, -0.25) is 0 Å². The van der Waals surface area contributed by atoms with Gasteiger partial charge in [0.2, 0.25) is 0 Å². The van der Waals surface area contributed by atoms with E-state index in [4.69, 9.17) is 10.8 Å². The van der Waals surface area contributed by atoms with Crippen molar-refractivity contribution in [1.82, 2.24) is 24.9 Å². The number of nitrogens with two attached hydrogens (primary N) is 1. The van der Waals surface area contributed by atoms with Crippen LogP contribution in [-0.4, -0.2) is 63.6 Å². The molecule has 0 spiro atoms. The van der Waals surface area contributed by atoms with Crippen LogP contribution in [0, 0.1) is 0 Å². The lowest BCUT2D eigenvalue weighted by Gasteiger charge is -2.33. The Hall–Kier alpha value is -3.41.